The molecule has 2 aliphatic carbocycles. The van der Waals surface area contributed by atoms with Crippen LogP contribution >= 0.6 is 0 Å². The van der Waals surface area contributed by atoms with Crippen LogP contribution in [0.2, 0.25) is 5.54 Å². The van der Waals surface area contributed by atoms with Gasteiger partial charge in [-0.2, -0.15) is 0 Å². The summed E-state index contributed by atoms with van der Waals surface area (Å²) in [5.74, 6) is 1.72. The number of hydrogen-bond acceptors (Lipinski definition) is 3. The molecule has 2 aliphatic rings. The first-order chi connectivity index (χ1) is 5.79. The molecule has 0 heterocycles. The zero-order chi connectivity index (χ0) is 8.77. The summed E-state index contributed by atoms with van der Waals surface area (Å²) in [4.78, 5) is 0. The Morgan fingerprint density at radius 3 is 1.58 bits per heavy atom. The molecule has 0 amide bonds. The van der Waals surface area contributed by atoms with Gasteiger partial charge in [-0.25, -0.2) is 0 Å². The van der Waals surface area contributed by atoms with Crippen molar-refractivity contribution in [2.45, 2.75) is 18.4 Å². The molecule has 0 spiro atoms. The second-order valence-corrected chi connectivity index (χ2v) is 6.75. The molecule has 0 saturated heterocycles. The normalized spacial score (nSPS) is 38.8. The number of hydrogen-bond donors (Lipinski definition) is 0. The van der Waals surface area contributed by atoms with Gasteiger partial charge in [0, 0.05) is 26.9 Å². The van der Waals surface area contributed by atoms with E-state index in [1.54, 1.807) is 21.3 Å². The van der Waals surface area contributed by atoms with Crippen molar-refractivity contribution in [1.29, 1.82) is 0 Å². The molecule has 0 N–H and O–H groups in total. The standard InChI is InChI=1S/C8H16O3Si/c1-9-12(10-2,11-3)8-6-4-5-7(6)8/h6-8H,4-5H2,1-3H3. The van der Waals surface area contributed by atoms with Crippen LogP contribution in [0.25, 0.3) is 0 Å². The van der Waals surface area contributed by atoms with E-state index in [1.807, 2.05) is 0 Å². The van der Waals surface area contributed by atoms with Gasteiger partial charge in [0.05, 0.1) is 0 Å². The van der Waals surface area contributed by atoms with Crippen molar-refractivity contribution in [3.05, 3.63) is 0 Å². The molecule has 0 aromatic carbocycles. The van der Waals surface area contributed by atoms with Gasteiger partial charge < -0.3 is 13.3 Å². The van der Waals surface area contributed by atoms with Gasteiger partial charge in [0.1, 0.15) is 0 Å². The van der Waals surface area contributed by atoms with Crippen molar-refractivity contribution in [2.75, 3.05) is 21.3 Å². The molecule has 2 fully saturated rings. The fraction of sp³-hybridized carbons (Fsp3) is 1.00. The lowest BCUT2D eigenvalue weighted by molar-refractivity contribution is 0.120. The van der Waals surface area contributed by atoms with Crippen molar-refractivity contribution in [3.63, 3.8) is 0 Å². The third-order valence-electron chi connectivity index (χ3n) is 3.43. The van der Waals surface area contributed by atoms with Crippen LogP contribution in [0.5, 0.6) is 0 Å². The highest BCUT2D eigenvalue weighted by Gasteiger charge is 2.70. The first kappa shape index (κ1) is 8.68. The van der Waals surface area contributed by atoms with E-state index in [0.29, 0.717) is 5.54 Å². The van der Waals surface area contributed by atoms with Crippen LogP contribution in [0.15, 0.2) is 0 Å². The van der Waals surface area contributed by atoms with Crippen molar-refractivity contribution in [3.8, 4) is 0 Å². The van der Waals surface area contributed by atoms with Crippen molar-refractivity contribution >= 4 is 8.80 Å². The largest absolute Gasteiger partial charge is 0.504 e. The quantitative estimate of drug-likeness (QED) is 0.622. The van der Waals surface area contributed by atoms with E-state index in [2.05, 4.69) is 0 Å². The highest BCUT2D eigenvalue weighted by atomic mass is 28.4. The molecule has 4 heteroatoms. The van der Waals surface area contributed by atoms with E-state index in [4.69, 9.17) is 13.3 Å². The van der Waals surface area contributed by atoms with Gasteiger partial charge in [0.2, 0.25) is 0 Å². The topological polar surface area (TPSA) is 27.7 Å². The number of fused-ring (bicyclic) bond motifs is 1. The Balaban J connectivity index is 2.05. The molecule has 2 saturated carbocycles. The molecule has 12 heavy (non-hydrogen) atoms. The molecule has 0 aromatic heterocycles. The third-order valence-corrected chi connectivity index (χ3v) is 6.81. The van der Waals surface area contributed by atoms with Crippen LogP contribution in [0.4, 0.5) is 0 Å². The Morgan fingerprint density at radius 1 is 0.917 bits per heavy atom. The van der Waals surface area contributed by atoms with Crippen molar-refractivity contribution < 1.29 is 13.3 Å². The molecule has 0 bridgehead atoms. The fourth-order valence-corrected chi connectivity index (χ4v) is 5.62. The Bertz CT molecular complexity index is 163. The second kappa shape index (κ2) is 2.80. The van der Waals surface area contributed by atoms with Crippen LogP contribution in [-0.4, -0.2) is 30.1 Å². The van der Waals surface area contributed by atoms with Gasteiger partial charge in [-0.3, -0.25) is 0 Å². The van der Waals surface area contributed by atoms with Crippen LogP contribution in [0, 0.1) is 11.8 Å². The van der Waals surface area contributed by atoms with Crippen LogP contribution in [-0.2, 0) is 13.3 Å². The third kappa shape index (κ3) is 0.922. The molecular weight excluding hydrogens is 172 g/mol. The minimum atomic E-state index is -2.25. The summed E-state index contributed by atoms with van der Waals surface area (Å²) in [5.41, 5.74) is 0.609. The molecule has 0 aromatic rings. The van der Waals surface area contributed by atoms with Crippen LogP contribution in [0.1, 0.15) is 12.8 Å². The SMILES string of the molecule is CO[Si](OC)(OC)C1C2CCC21. The summed E-state index contributed by atoms with van der Waals surface area (Å²) in [6.07, 6.45) is 2.69. The number of rotatable bonds is 4. The molecule has 0 radical (unpaired) electrons. The van der Waals surface area contributed by atoms with E-state index < -0.39 is 8.80 Å². The molecule has 2 unspecified atom stereocenters. The van der Waals surface area contributed by atoms with E-state index >= 15 is 0 Å². The van der Waals surface area contributed by atoms with Crippen molar-refractivity contribution in [2.24, 2.45) is 11.8 Å². The van der Waals surface area contributed by atoms with Crippen LogP contribution in [0.3, 0.4) is 0 Å². The minimum Gasteiger partial charge on any atom is -0.377 e. The average Bonchev–Trinajstić information content (AvgIpc) is 2.58. The van der Waals surface area contributed by atoms with Gasteiger partial charge in [-0.15, -0.1) is 0 Å². The van der Waals surface area contributed by atoms with Crippen molar-refractivity contribution in [1.82, 2.24) is 0 Å². The highest BCUT2D eigenvalue weighted by molar-refractivity contribution is 6.63. The average molecular weight is 188 g/mol. The van der Waals surface area contributed by atoms with E-state index in [1.165, 1.54) is 12.8 Å². The summed E-state index contributed by atoms with van der Waals surface area (Å²) >= 11 is 0. The van der Waals surface area contributed by atoms with Gasteiger partial charge in [-0.05, 0) is 24.7 Å². The zero-order valence-corrected chi connectivity index (χ0v) is 8.87. The maximum absolute atomic E-state index is 5.44. The van der Waals surface area contributed by atoms with Crippen LogP contribution < -0.4 is 0 Å². The minimum absolute atomic E-state index is 0.609. The monoisotopic (exact) mass is 188 g/mol. The van der Waals surface area contributed by atoms with Gasteiger partial charge in [0.25, 0.3) is 0 Å². The predicted octanol–water partition coefficient (Wildman–Crippen LogP) is 1.27. The lowest BCUT2D eigenvalue weighted by atomic mass is 10.0. The Hall–Kier alpha value is 0.0969. The Morgan fingerprint density at radius 2 is 1.33 bits per heavy atom. The second-order valence-electron chi connectivity index (χ2n) is 3.65. The molecule has 2 rings (SSSR count). The first-order valence-electron chi connectivity index (χ1n) is 4.44. The molecular formula is C8H16O3Si. The smallest absolute Gasteiger partial charge is 0.377 e. The molecule has 3 nitrogen and oxygen atoms in total. The predicted molar refractivity (Wildman–Crippen MR) is 46.7 cm³/mol. The lowest BCUT2D eigenvalue weighted by Gasteiger charge is -2.24. The first-order valence-corrected chi connectivity index (χ1v) is 6.24. The maximum Gasteiger partial charge on any atom is 0.504 e. The summed E-state index contributed by atoms with van der Waals surface area (Å²) < 4.78 is 16.3. The van der Waals surface area contributed by atoms with Gasteiger partial charge in [-0.1, -0.05) is 0 Å². The molecule has 0 aliphatic heterocycles. The summed E-state index contributed by atoms with van der Waals surface area (Å²) in [6, 6.07) is 0. The van der Waals surface area contributed by atoms with Gasteiger partial charge >= 0.3 is 8.80 Å². The fourth-order valence-electron chi connectivity index (χ4n) is 2.54. The lowest BCUT2D eigenvalue weighted by Crippen LogP contribution is -2.44. The Kier molecular flexibility index (Phi) is 2.03. The molecule has 2 atom stereocenters. The summed E-state index contributed by atoms with van der Waals surface area (Å²) in [5, 5.41) is 0. The van der Waals surface area contributed by atoms with E-state index in [9.17, 15) is 0 Å². The van der Waals surface area contributed by atoms with Gasteiger partial charge in [0.15, 0.2) is 0 Å². The zero-order valence-electron chi connectivity index (χ0n) is 7.87. The molecule has 70 valence electrons. The maximum atomic E-state index is 5.44. The summed E-state index contributed by atoms with van der Waals surface area (Å²) in [7, 11) is 2.87. The van der Waals surface area contributed by atoms with E-state index in [0.717, 1.165) is 11.8 Å². The Labute approximate surface area is 74.4 Å². The highest BCUT2D eigenvalue weighted by Crippen LogP contribution is 2.69. The van der Waals surface area contributed by atoms with E-state index in [-0.39, 0.29) is 0 Å². The summed E-state index contributed by atoms with van der Waals surface area (Å²) in [6.45, 7) is 0.